The van der Waals surface area contributed by atoms with Gasteiger partial charge in [0.05, 0.1) is 0 Å². The van der Waals surface area contributed by atoms with E-state index in [2.05, 4.69) is 63.9 Å². The molecule has 1 rings (SSSR count). The molecule has 0 spiro atoms. The molecular formula is C13H17Br2. The highest BCUT2D eigenvalue weighted by atomic mass is 79.9. The maximum atomic E-state index is 3.95. The maximum absolute atomic E-state index is 3.95. The quantitative estimate of drug-likeness (QED) is 0.647. The molecule has 0 aliphatic rings. The van der Waals surface area contributed by atoms with Gasteiger partial charge >= 0.3 is 0 Å². The molecule has 0 N–H and O–H groups in total. The van der Waals surface area contributed by atoms with Gasteiger partial charge in [-0.25, -0.2) is 0 Å². The molecule has 0 saturated heterocycles. The maximum Gasteiger partial charge on any atom is 0.0320 e. The van der Waals surface area contributed by atoms with Gasteiger partial charge in [-0.2, -0.15) is 0 Å². The Morgan fingerprint density at radius 1 is 1.20 bits per heavy atom. The Kier molecular flexibility index (Phi) is 5.91. The zero-order valence-electron chi connectivity index (χ0n) is 9.10. The van der Waals surface area contributed by atoms with Crippen LogP contribution in [0.4, 0.5) is 0 Å². The van der Waals surface area contributed by atoms with Crippen molar-refractivity contribution < 1.29 is 0 Å². The van der Waals surface area contributed by atoms with E-state index >= 15 is 0 Å². The van der Waals surface area contributed by atoms with Crippen LogP contribution in [0.15, 0.2) is 27.1 Å². The van der Waals surface area contributed by atoms with E-state index in [1.54, 1.807) is 0 Å². The summed E-state index contributed by atoms with van der Waals surface area (Å²) in [4.78, 5) is 0. The standard InChI is InChI=1S/C13H17Br2/c1-3-5-10(6-4-2)11-7-8-12(14)13(15)9-11/h7-10H,1,3-6H2,2H3. The highest BCUT2D eigenvalue weighted by Crippen LogP contribution is 2.31. The molecule has 1 aromatic rings. The first-order valence-electron chi connectivity index (χ1n) is 5.43. The Morgan fingerprint density at radius 2 is 1.93 bits per heavy atom. The van der Waals surface area contributed by atoms with Gasteiger partial charge in [0.15, 0.2) is 0 Å². The normalized spacial score (nSPS) is 11.0. The van der Waals surface area contributed by atoms with Gasteiger partial charge in [0, 0.05) is 8.95 Å². The van der Waals surface area contributed by atoms with Crippen molar-refractivity contribution in [1.82, 2.24) is 0 Å². The molecule has 0 aliphatic heterocycles. The van der Waals surface area contributed by atoms with E-state index in [0.29, 0.717) is 5.92 Å². The molecule has 1 radical (unpaired) electrons. The molecule has 0 bridgehead atoms. The van der Waals surface area contributed by atoms with Gasteiger partial charge in [-0.05, 0) is 68.3 Å². The van der Waals surface area contributed by atoms with E-state index in [1.807, 2.05) is 0 Å². The number of benzene rings is 1. The lowest BCUT2D eigenvalue weighted by molar-refractivity contribution is 0.573. The van der Waals surface area contributed by atoms with Crippen molar-refractivity contribution in [1.29, 1.82) is 0 Å². The van der Waals surface area contributed by atoms with E-state index in [1.165, 1.54) is 24.8 Å². The third-order valence-electron chi connectivity index (χ3n) is 2.60. The Labute approximate surface area is 110 Å². The predicted molar refractivity (Wildman–Crippen MR) is 74.1 cm³/mol. The summed E-state index contributed by atoms with van der Waals surface area (Å²) in [6.07, 6.45) is 4.68. The average Bonchev–Trinajstić information content (AvgIpc) is 2.22. The van der Waals surface area contributed by atoms with Crippen LogP contribution < -0.4 is 0 Å². The lowest BCUT2D eigenvalue weighted by Gasteiger charge is -2.16. The highest BCUT2D eigenvalue weighted by molar-refractivity contribution is 9.13. The van der Waals surface area contributed by atoms with Crippen LogP contribution in [-0.2, 0) is 0 Å². The molecular weight excluding hydrogens is 316 g/mol. The van der Waals surface area contributed by atoms with Crippen LogP contribution in [0.2, 0.25) is 0 Å². The third kappa shape index (κ3) is 3.92. The van der Waals surface area contributed by atoms with E-state index < -0.39 is 0 Å². The second-order valence-corrected chi connectivity index (χ2v) is 5.51. The van der Waals surface area contributed by atoms with Crippen molar-refractivity contribution in [2.75, 3.05) is 0 Å². The summed E-state index contributed by atoms with van der Waals surface area (Å²) in [5.41, 5.74) is 1.43. The van der Waals surface area contributed by atoms with Gasteiger partial charge in [-0.15, -0.1) is 0 Å². The molecule has 0 heterocycles. The molecule has 1 atom stereocenters. The zero-order valence-corrected chi connectivity index (χ0v) is 12.3. The second-order valence-electron chi connectivity index (χ2n) is 3.80. The first-order valence-corrected chi connectivity index (χ1v) is 7.01. The molecule has 0 aromatic heterocycles. The number of halogens is 2. The minimum absolute atomic E-state index is 0.664. The van der Waals surface area contributed by atoms with Gasteiger partial charge in [0.25, 0.3) is 0 Å². The Hall–Kier alpha value is 0.180. The van der Waals surface area contributed by atoms with Gasteiger partial charge in [-0.3, -0.25) is 0 Å². The third-order valence-corrected chi connectivity index (χ3v) is 4.48. The fraction of sp³-hybridized carbons (Fsp3) is 0.462. The summed E-state index contributed by atoms with van der Waals surface area (Å²) < 4.78 is 2.27. The topological polar surface area (TPSA) is 0 Å². The van der Waals surface area contributed by atoms with E-state index in [0.717, 1.165) is 15.4 Å². The summed E-state index contributed by atoms with van der Waals surface area (Å²) >= 11 is 7.05. The van der Waals surface area contributed by atoms with Crippen molar-refractivity contribution >= 4 is 31.9 Å². The van der Waals surface area contributed by atoms with Crippen LogP contribution in [0, 0.1) is 6.92 Å². The monoisotopic (exact) mass is 331 g/mol. The second kappa shape index (κ2) is 6.70. The molecule has 1 aromatic carbocycles. The number of rotatable bonds is 5. The lowest BCUT2D eigenvalue weighted by Crippen LogP contribution is -1.98. The van der Waals surface area contributed by atoms with Crippen LogP contribution in [0.3, 0.4) is 0 Å². The van der Waals surface area contributed by atoms with Gasteiger partial charge in [0.1, 0.15) is 0 Å². The number of hydrogen-bond acceptors (Lipinski definition) is 0. The van der Waals surface area contributed by atoms with Crippen LogP contribution in [0.5, 0.6) is 0 Å². The summed E-state index contributed by atoms with van der Waals surface area (Å²) in [6, 6.07) is 6.55. The summed E-state index contributed by atoms with van der Waals surface area (Å²) in [7, 11) is 0. The summed E-state index contributed by atoms with van der Waals surface area (Å²) in [5, 5.41) is 0. The lowest BCUT2D eigenvalue weighted by atomic mass is 9.90. The fourth-order valence-corrected chi connectivity index (χ4v) is 2.48. The zero-order chi connectivity index (χ0) is 11.3. The van der Waals surface area contributed by atoms with Crippen molar-refractivity contribution in [2.45, 2.75) is 38.5 Å². The molecule has 0 amide bonds. The molecule has 15 heavy (non-hydrogen) atoms. The minimum atomic E-state index is 0.664. The van der Waals surface area contributed by atoms with Crippen LogP contribution in [0.1, 0.15) is 44.1 Å². The van der Waals surface area contributed by atoms with Crippen molar-refractivity contribution in [2.24, 2.45) is 0 Å². The minimum Gasteiger partial charge on any atom is -0.0654 e. The Bertz CT molecular complexity index is 301. The van der Waals surface area contributed by atoms with Crippen LogP contribution in [0.25, 0.3) is 0 Å². The van der Waals surface area contributed by atoms with Gasteiger partial charge < -0.3 is 0 Å². The molecule has 1 unspecified atom stereocenters. The van der Waals surface area contributed by atoms with E-state index in [-0.39, 0.29) is 0 Å². The molecule has 2 heteroatoms. The average molecular weight is 333 g/mol. The SMILES string of the molecule is [CH2]CCC(CCC)c1ccc(Br)c(Br)c1. The fourth-order valence-electron chi connectivity index (χ4n) is 1.84. The van der Waals surface area contributed by atoms with Gasteiger partial charge in [-0.1, -0.05) is 32.8 Å². The van der Waals surface area contributed by atoms with Crippen molar-refractivity contribution in [3.8, 4) is 0 Å². The first-order chi connectivity index (χ1) is 7.19. The van der Waals surface area contributed by atoms with Crippen LogP contribution >= 0.6 is 31.9 Å². The molecule has 83 valence electrons. The van der Waals surface area contributed by atoms with Crippen molar-refractivity contribution in [3.63, 3.8) is 0 Å². The molecule has 0 aliphatic carbocycles. The highest BCUT2D eigenvalue weighted by Gasteiger charge is 2.10. The summed E-state index contributed by atoms with van der Waals surface area (Å²) in [5.74, 6) is 0.664. The molecule has 0 fully saturated rings. The van der Waals surface area contributed by atoms with Gasteiger partial charge in [0.2, 0.25) is 0 Å². The molecule has 0 saturated carbocycles. The first kappa shape index (κ1) is 13.2. The van der Waals surface area contributed by atoms with Crippen LogP contribution in [-0.4, -0.2) is 0 Å². The molecule has 0 nitrogen and oxygen atoms in total. The predicted octanol–water partition coefficient (Wildman–Crippen LogP) is 5.71. The largest absolute Gasteiger partial charge is 0.0654 e. The Morgan fingerprint density at radius 3 is 2.47 bits per heavy atom. The van der Waals surface area contributed by atoms with E-state index in [9.17, 15) is 0 Å². The number of hydrogen-bond donors (Lipinski definition) is 0. The smallest absolute Gasteiger partial charge is 0.0320 e. The Balaban J connectivity index is 2.85. The van der Waals surface area contributed by atoms with Crippen molar-refractivity contribution in [3.05, 3.63) is 39.6 Å². The van der Waals surface area contributed by atoms with E-state index in [4.69, 9.17) is 0 Å². The summed E-state index contributed by atoms with van der Waals surface area (Å²) in [6.45, 7) is 6.19.